The van der Waals surface area contributed by atoms with Crippen LogP contribution < -0.4 is 5.32 Å². The molecule has 2 aromatic rings. The molecule has 1 N–H and O–H groups in total. The standard InChI is InChI=1S/C16H19FN2OS/c1-20-15-7-6-13(8-15)18-9-14-10-21-16(19-14)11-2-4-12(17)5-3-11/h2-5,10,13,15,18H,6-9H2,1H3. The largest absolute Gasteiger partial charge is 0.381 e. The van der Waals surface area contributed by atoms with Crippen molar-refractivity contribution < 1.29 is 9.13 Å². The Morgan fingerprint density at radius 1 is 1.33 bits per heavy atom. The molecule has 112 valence electrons. The number of hydrogen-bond acceptors (Lipinski definition) is 4. The van der Waals surface area contributed by atoms with Crippen molar-refractivity contribution in [1.82, 2.24) is 10.3 Å². The zero-order valence-corrected chi connectivity index (χ0v) is 12.8. The maximum atomic E-state index is 12.9. The van der Waals surface area contributed by atoms with Gasteiger partial charge in [-0.2, -0.15) is 0 Å². The predicted molar refractivity (Wildman–Crippen MR) is 82.8 cm³/mol. The molecule has 1 aromatic carbocycles. The minimum absolute atomic E-state index is 0.217. The van der Waals surface area contributed by atoms with E-state index in [4.69, 9.17) is 4.74 Å². The van der Waals surface area contributed by atoms with E-state index in [1.165, 1.54) is 12.1 Å². The minimum atomic E-state index is -0.217. The molecule has 3 nitrogen and oxygen atoms in total. The van der Waals surface area contributed by atoms with Gasteiger partial charge >= 0.3 is 0 Å². The van der Waals surface area contributed by atoms with Crippen molar-refractivity contribution in [2.24, 2.45) is 0 Å². The predicted octanol–water partition coefficient (Wildman–Crippen LogP) is 3.61. The highest BCUT2D eigenvalue weighted by atomic mass is 32.1. The van der Waals surface area contributed by atoms with Crippen molar-refractivity contribution in [3.05, 3.63) is 41.2 Å². The summed E-state index contributed by atoms with van der Waals surface area (Å²) >= 11 is 1.60. The second-order valence-electron chi connectivity index (χ2n) is 5.40. The quantitative estimate of drug-likeness (QED) is 0.916. The van der Waals surface area contributed by atoms with Gasteiger partial charge in [0.15, 0.2) is 0 Å². The summed E-state index contributed by atoms with van der Waals surface area (Å²) in [6.45, 7) is 0.777. The molecule has 2 atom stereocenters. The van der Waals surface area contributed by atoms with Gasteiger partial charge in [0.25, 0.3) is 0 Å². The van der Waals surface area contributed by atoms with Gasteiger partial charge in [0, 0.05) is 30.6 Å². The fourth-order valence-corrected chi connectivity index (χ4v) is 3.53. The highest BCUT2D eigenvalue weighted by Gasteiger charge is 2.23. The molecule has 0 aliphatic heterocycles. The highest BCUT2D eigenvalue weighted by Crippen LogP contribution is 2.25. The smallest absolute Gasteiger partial charge is 0.123 e. The summed E-state index contributed by atoms with van der Waals surface area (Å²) in [5.74, 6) is -0.217. The number of benzene rings is 1. The molecule has 1 aliphatic rings. The molecule has 1 heterocycles. The Hall–Kier alpha value is -1.30. The lowest BCUT2D eigenvalue weighted by Gasteiger charge is -2.11. The summed E-state index contributed by atoms with van der Waals surface area (Å²) < 4.78 is 18.3. The Morgan fingerprint density at radius 2 is 2.14 bits per heavy atom. The Bertz CT molecular complexity index is 584. The van der Waals surface area contributed by atoms with Crippen LogP contribution in [0.1, 0.15) is 25.0 Å². The summed E-state index contributed by atoms with van der Waals surface area (Å²) in [7, 11) is 1.78. The first-order valence-corrected chi connectivity index (χ1v) is 8.09. The topological polar surface area (TPSA) is 34.1 Å². The Balaban J connectivity index is 1.57. The molecule has 0 spiro atoms. The van der Waals surface area contributed by atoms with Gasteiger partial charge in [-0.3, -0.25) is 0 Å². The number of methoxy groups -OCH3 is 1. The first kappa shape index (κ1) is 14.6. The van der Waals surface area contributed by atoms with Crippen molar-refractivity contribution in [3.63, 3.8) is 0 Å². The molecule has 1 aliphatic carbocycles. The normalized spacial score (nSPS) is 21.8. The van der Waals surface area contributed by atoms with Gasteiger partial charge in [0.2, 0.25) is 0 Å². The molecule has 2 unspecified atom stereocenters. The SMILES string of the molecule is COC1CCC(NCc2csc(-c3ccc(F)cc3)n2)C1. The fraction of sp³-hybridized carbons (Fsp3) is 0.438. The van der Waals surface area contributed by atoms with Crippen LogP contribution in [0.15, 0.2) is 29.6 Å². The van der Waals surface area contributed by atoms with Crippen LogP contribution >= 0.6 is 11.3 Å². The van der Waals surface area contributed by atoms with Gasteiger partial charge in [-0.05, 0) is 43.5 Å². The van der Waals surface area contributed by atoms with Crippen LogP contribution in [-0.2, 0) is 11.3 Å². The van der Waals surface area contributed by atoms with Gasteiger partial charge < -0.3 is 10.1 Å². The first-order valence-electron chi connectivity index (χ1n) is 7.21. The lowest BCUT2D eigenvalue weighted by molar-refractivity contribution is 0.107. The molecule has 1 saturated carbocycles. The lowest BCUT2D eigenvalue weighted by atomic mass is 10.2. The van der Waals surface area contributed by atoms with Crippen LogP contribution in [0.2, 0.25) is 0 Å². The van der Waals surface area contributed by atoms with Gasteiger partial charge in [-0.15, -0.1) is 11.3 Å². The zero-order chi connectivity index (χ0) is 14.7. The third-order valence-electron chi connectivity index (χ3n) is 3.93. The van der Waals surface area contributed by atoms with E-state index in [1.54, 1.807) is 30.6 Å². The summed E-state index contributed by atoms with van der Waals surface area (Å²) in [6.07, 6.45) is 3.76. The highest BCUT2D eigenvalue weighted by molar-refractivity contribution is 7.13. The van der Waals surface area contributed by atoms with E-state index < -0.39 is 0 Å². The average Bonchev–Trinajstić information content (AvgIpc) is 3.15. The molecule has 1 fully saturated rings. The van der Waals surface area contributed by atoms with Crippen LogP contribution in [0.25, 0.3) is 10.6 Å². The van der Waals surface area contributed by atoms with E-state index in [-0.39, 0.29) is 5.82 Å². The summed E-state index contributed by atoms with van der Waals surface area (Å²) in [6, 6.07) is 7.00. The summed E-state index contributed by atoms with van der Waals surface area (Å²) in [4.78, 5) is 4.61. The number of thiazole rings is 1. The van der Waals surface area contributed by atoms with Crippen LogP contribution in [0, 0.1) is 5.82 Å². The molecule has 0 amide bonds. The van der Waals surface area contributed by atoms with E-state index in [2.05, 4.69) is 15.7 Å². The van der Waals surface area contributed by atoms with Crippen LogP contribution in [0.5, 0.6) is 0 Å². The molecule has 0 saturated heterocycles. The lowest BCUT2D eigenvalue weighted by Crippen LogP contribution is -2.26. The van der Waals surface area contributed by atoms with Gasteiger partial charge in [-0.1, -0.05) is 0 Å². The number of nitrogens with zero attached hydrogens (tertiary/aromatic N) is 1. The van der Waals surface area contributed by atoms with Gasteiger partial charge in [0.05, 0.1) is 11.8 Å². The van der Waals surface area contributed by atoms with Crippen molar-refractivity contribution in [3.8, 4) is 10.6 Å². The van der Waals surface area contributed by atoms with E-state index in [1.807, 2.05) is 0 Å². The average molecular weight is 306 g/mol. The Morgan fingerprint density at radius 3 is 2.86 bits per heavy atom. The molecule has 21 heavy (non-hydrogen) atoms. The molecule has 0 bridgehead atoms. The maximum Gasteiger partial charge on any atom is 0.123 e. The van der Waals surface area contributed by atoms with Crippen LogP contribution in [0.4, 0.5) is 4.39 Å². The molecule has 0 radical (unpaired) electrons. The number of aromatic nitrogens is 1. The molecular weight excluding hydrogens is 287 g/mol. The van der Waals surface area contributed by atoms with Crippen LogP contribution in [-0.4, -0.2) is 24.2 Å². The molecule has 3 rings (SSSR count). The van der Waals surface area contributed by atoms with Crippen LogP contribution in [0.3, 0.4) is 0 Å². The Labute approximate surface area is 128 Å². The first-order chi connectivity index (χ1) is 10.2. The van der Waals surface area contributed by atoms with Crippen molar-refractivity contribution in [1.29, 1.82) is 0 Å². The Kier molecular flexibility index (Phi) is 4.63. The maximum absolute atomic E-state index is 12.9. The van der Waals surface area contributed by atoms with E-state index >= 15 is 0 Å². The number of halogens is 1. The van der Waals surface area contributed by atoms with Gasteiger partial charge in [-0.25, -0.2) is 9.37 Å². The summed E-state index contributed by atoms with van der Waals surface area (Å²) in [5, 5.41) is 6.54. The van der Waals surface area contributed by atoms with E-state index in [9.17, 15) is 4.39 Å². The number of hydrogen-bond donors (Lipinski definition) is 1. The van der Waals surface area contributed by atoms with E-state index in [0.29, 0.717) is 12.1 Å². The van der Waals surface area contributed by atoms with Crippen molar-refractivity contribution in [2.75, 3.05) is 7.11 Å². The number of ether oxygens (including phenoxy) is 1. The van der Waals surface area contributed by atoms with Crippen molar-refractivity contribution in [2.45, 2.75) is 38.0 Å². The summed E-state index contributed by atoms with van der Waals surface area (Å²) in [5.41, 5.74) is 2.01. The van der Waals surface area contributed by atoms with Crippen molar-refractivity contribution >= 4 is 11.3 Å². The zero-order valence-electron chi connectivity index (χ0n) is 12.0. The van der Waals surface area contributed by atoms with Gasteiger partial charge in [0.1, 0.15) is 10.8 Å². The fourth-order valence-electron chi connectivity index (χ4n) is 2.70. The molecule has 1 aromatic heterocycles. The minimum Gasteiger partial charge on any atom is -0.381 e. The second kappa shape index (κ2) is 6.64. The second-order valence-corrected chi connectivity index (χ2v) is 6.26. The number of nitrogens with one attached hydrogen (secondary N) is 1. The third kappa shape index (κ3) is 3.67. The third-order valence-corrected chi connectivity index (χ3v) is 4.87. The molecule has 5 heteroatoms. The monoisotopic (exact) mass is 306 g/mol. The van der Waals surface area contributed by atoms with E-state index in [0.717, 1.165) is 42.1 Å². The number of rotatable bonds is 5. The molecular formula is C16H19FN2OS.